The second kappa shape index (κ2) is 7.80. The van der Waals surface area contributed by atoms with Gasteiger partial charge in [-0.05, 0) is 48.4 Å². The van der Waals surface area contributed by atoms with Gasteiger partial charge in [0.1, 0.15) is 16.5 Å². The number of anilines is 1. The molecule has 1 N–H and O–H groups in total. The summed E-state index contributed by atoms with van der Waals surface area (Å²) in [6.07, 6.45) is 1.68. The lowest BCUT2D eigenvalue weighted by molar-refractivity contribution is 0.102. The highest BCUT2D eigenvalue weighted by atomic mass is 35.5. The van der Waals surface area contributed by atoms with E-state index in [1.165, 1.54) is 12.1 Å². The van der Waals surface area contributed by atoms with Crippen molar-refractivity contribution in [3.8, 4) is 11.8 Å². The lowest BCUT2D eigenvalue weighted by atomic mass is 10.2. The minimum Gasteiger partial charge on any atom is -0.321 e. The summed E-state index contributed by atoms with van der Waals surface area (Å²) in [5.74, 6) is 5.53. The van der Waals surface area contributed by atoms with Gasteiger partial charge in [-0.2, -0.15) is 0 Å². The Kier molecular flexibility index (Phi) is 5.30. The maximum absolute atomic E-state index is 12.3. The molecule has 3 aromatic rings. The van der Waals surface area contributed by atoms with Crippen molar-refractivity contribution in [3.05, 3.63) is 87.9 Å². The molecule has 0 unspecified atom stereocenters. The van der Waals surface area contributed by atoms with Crippen molar-refractivity contribution in [1.29, 1.82) is 0 Å². The van der Waals surface area contributed by atoms with Crippen molar-refractivity contribution < 1.29 is 4.79 Å². The van der Waals surface area contributed by atoms with Gasteiger partial charge in [0.2, 0.25) is 0 Å². The Hall–Kier alpha value is -2.87. The fourth-order valence-electron chi connectivity index (χ4n) is 2.02. The van der Waals surface area contributed by atoms with Crippen LogP contribution in [-0.2, 0) is 0 Å². The second-order valence-electron chi connectivity index (χ2n) is 4.96. The van der Waals surface area contributed by atoms with Gasteiger partial charge in [-0.25, -0.2) is 9.97 Å². The van der Waals surface area contributed by atoms with E-state index < -0.39 is 5.91 Å². The molecule has 1 aromatic carbocycles. The SMILES string of the molecule is O=C(Nc1cccc(C#Cc2ccccn2)c1)c1nc(Cl)ccc1Cl. The number of carbonyl (C=O) groups is 1. The zero-order chi connectivity index (χ0) is 17.6. The van der Waals surface area contributed by atoms with Crippen LogP contribution in [0.4, 0.5) is 5.69 Å². The molecule has 2 heterocycles. The molecule has 0 saturated carbocycles. The predicted octanol–water partition coefficient (Wildman–Crippen LogP) is 4.44. The Bertz CT molecular complexity index is 979. The first-order chi connectivity index (χ1) is 12.1. The topological polar surface area (TPSA) is 54.9 Å². The van der Waals surface area contributed by atoms with Crippen LogP contribution in [0.25, 0.3) is 0 Å². The maximum atomic E-state index is 12.3. The molecule has 2 aromatic heterocycles. The first-order valence-electron chi connectivity index (χ1n) is 7.28. The molecule has 3 rings (SSSR count). The predicted molar refractivity (Wildman–Crippen MR) is 98.9 cm³/mol. The first-order valence-corrected chi connectivity index (χ1v) is 8.04. The van der Waals surface area contributed by atoms with Gasteiger partial charge >= 0.3 is 0 Å². The molecule has 0 atom stereocenters. The van der Waals surface area contributed by atoms with Crippen LogP contribution in [0.15, 0.2) is 60.8 Å². The number of hydrogen-bond donors (Lipinski definition) is 1. The third kappa shape index (κ3) is 4.57. The molecule has 25 heavy (non-hydrogen) atoms. The van der Waals surface area contributed by atoms with Crippen LogP contribution in [0, 0.1) is 11.8 Å². The normalized spacial score (nSPS) is 9.84. The van der Waals surface area contributed by atoms with Crippen LogP contribution in [0.1, 0.15) is 21.7 Å². The summed E-state index contributed by atoms with van der Waals surface area (Å²) in [4.78, 5) is 20.4. The van der Waals surface area contributed by atoms with Gasteiger partial charge in [0.05, 0.1) is 5.02 Å². The fraction of sp³-hybridized carbons (Fsp3) is 0. The zero-order valence-corrected chi connectivity index (χ0v) is 14.3. The Labute approximate surface area is 154 Å². The summed E-state index contributed by atoms with van der Waals surface area (Å²) in [6, 6.07) is 15.7. The van der Waals surface area contributed by atoms with E-state index in [2.05, 4.69) is 27.1 Å². The number of benzene rings is 1. The highest BCUT2D eigenvalue weighted by Crippen LogP contribution is 2.19. The highest BCUT2D eigenvalue weighted by molar-refractivity contribution is 6.35. The zero-order valence-electron chi connectivity index (χ0n) is 12.8. The Morgan fingerprint density at radius 3 is 2.68 bits per heavy atom. The molecule has 0 aliphatic rings. The molecule has 0 saturated heterocycles. The molecule has 0 bridgehead atoms. The summed E-state index contributed by atoms with van der Waals surface area (Å²) in [5, 5.41) is 3.17. The molecular formula is C19H11Cl2N3O. The van der Waals surface area contributed by atoms with Gasteiger partial charge < -0.3 is 5.32 Å². The van der Waals surface area contributed by atoms with E-state index in [0.717, 1.165) is 5.56 Å². The highest BCUT2D eigenvalue weighted by Gasteiger charge is 2.13. The summed E-state index contributed by atoms with van der Waals surface area (Å²) >= 11 is 11.8. The van der Waals surface area contributed by atoms with Crippen molar-refractivity contribution in [2.75, 3.05) is 5.32 Å². The van der Waals surface area contributed by atoms with Crippen LogP contribution < -0.4 is 5.32 Å². The van der Waals surface area contributed by atoms with E-state index in [9.17, 15) is 4.79 Å². The van der Waals surface area contributed by atoms with Crippen molar-refractivity contribution >= 4 is 34.8 Å². The average Bonchev–Trinajstić information content (AvgIpc) is 2.63. The largest absolute Gasteiger partial charge is 0.321 e. The number of hydrogen-bond acceptors (Lipinski definition) is 3. The number of carbonyl (C=O) groups excluding carboxylic acids is 1. The van der Waals surface area contributed by atoms with Crippen molar-refractivity contribution in [2.45, 2.75) is 0 Å². The van der Waals surface area contributed by atoms with Crippen LogP contribution in [0.5, 0.6) is 0 Å². The van der Waals surface area contributed by atoms with E-state index in [1.807, 2.05) is 24.3 Å². The molecule has 0 aliphatic carbocycles. The first kappa shape index (κ1) is 17.0. The quantitative estimate of drug-likeness (QED) is 0.538. The third-order valence-corrected chi connectivity index (χ3v) is 3.66. The number of halogens is 2. The minimum absolute atomic E-state index is 0.0686. The number of rotatable bonds is 2. The smallest absolute Gasteiger partial charge is 0.275 e. The molecule has 122 valence electrons. The fourth-order valence-corrected chi connectivity index (χ4v) is 2.35. The van der Waals surface area contributed by atoms with Crippen molar-refractivity contribution in [2.24, 2.45) is 0 Å². The number of nitrogens with one attached hydrogen (secondary N) is 1. The summed E-state index contributed by atoms with van der Waals surface area (Å²) in [5.41, 5.74) is 2.07. The average molecular weight is 368 g/mol. The third-order valence-electron chi connectivity index (χ3n) is 3.15. The molecule has 0 fully saturated rings. The number of aromatic nitrogens is 2. The number of pyridine rings is 2. The van der Waals surface area contributed by atoms with Gasteiger partial charge in [0.25, 0.3) is 5.91 Å². The molecule has 0 aliphatic heterocycles. The summed E-state index contributed by atoms with van der Waals surface area (Å²) < 4.78 is 0. The van der Waals surface area contributed by atoms with Crippen LogP contribution >= 0.6 is 23.2 Å². The van der Waals surface area contributed by atoms with Crippen LogP contribution in [0.3, 0.4) is 0 Å². The van der Waals surface area contributed by atoms with Crippen LogP contribution in [0.2, 0.25) is 10.2 Å². The van der Waals surface area contributed by atoms with Gasteiger partial charge in [0, 0.05) is 17.4 Å². The molecule has 0 radical (unpaired) electrons. The molecular weight excluding hydrogens is 357 g/mol. The monoisotopic (exact) mass is 367 g/mol. The maximum Gasteiger partial charge on any atom is 0.275 e. The Balaban J connectivity index is 1.79. The van der Waals surface area contributed by atoms with E-state index in [0.29, 0.717) is 11.4 Å². The van der Waals surface area contributed by atoms with E-state index >= 15 is 0 Å². The lowest BCUT2D eigenvalue weighted by Crippen LogP contribution is -2.14. The molecule has 1 amide bonds. The molecule has 0 spiro atoms. The summed E-state index contributed by atoms with van der Waals surface area (Å²) in [7, 11) is 0. The van der Waals surface area contributed by atoms with Crippen molar-refractivity contribution in [1.82, 2.24) is 9.97 Å². The van der Waals surface area contributed by atoms with Crippen LogP contribution in [-0.4, -0.2) is 15.9 Å². The Morgan fingerprint density at radius 2 is 1.88 bits per heavy atom. The Morgan fingerprint density at radius 1 is 1.00 bits per heavy atom. The van der Waals surface area contributed by atoms with Gasteiger partial charge in [0.15, 0.2) is 0 Å². The van der Waals surface area contributed by atoms with E-state index in [1.54, 1.807) is 24.4 Å². The van der Waals surface area contributed by atoms with Gasteiger partial charge in [-0.1, -0.05) is 41.3 Å². The second-order valence-corrected chi connectivity index (χ2v) is 5.76. The summed E-state index contributed by atoms with van der Waals surface area (Å²) in [6.45, 7) is 0. The standard InChI is InChI=1S/C19H11Cl2N3O/c20-16-9-10-17(21)24-18(16)19(25)23-15-6-3-4-13(12-15)7-8-14-5-1-2-11-22-14/h1-6,9-12H,(H,23,25). The molecule has 6 heteroatoms. The van der Waals surface area contributed by atoms with Crippen molar-refractivity contribution in [3.63, 3.8) is 0 Å². The van der Waals surface area contributed by atoms with E-state index in [4.69, 9.17) is 23.2 Å². The number of amides is 1. The lowest BCUT2D eigenvalue weighted by Gasteiger charge is -2.06. The number of nitrogens with zero attached hydrogens (tertiary/aromatic N) is 2. The van der Waals surface area contributed by atoms with Gasteiger partial charge in [-0.15, -0.1) is 0 Å². The van der Waals surface area contributed by atoms with E-state index in [-0.39, 0.29) is 15.9 Å². The minimum atomic E-state index is -0.442. The van der Waals surface area contributed by atoms with Gasteiger partial charge in [-0.3, -0.25) is 4.79 Å². The molecule has 4 nitrogen and oxygen atoms in total.